The number of hydrogen-bond acceptors (Lipinski definition) is 3. The molecular weight excluding hydrogens is 212 g/mol. The standard InChI is InChI=1S/C14H28N2O/c1-12-7-8-15-14(2,13-5-6-13)11-16(12)9-4-10-17-3/h12-13,15H,4-11H2,1-3H3. The zero-order valence-corrected chi connectivity index (χ0v) is 11.7. The Labute approximate surface area is 106 Å². The normalized spacial score (nSPS) is 35.8. The number of methoxy groups -OCH3 is 1. The maximum Gasteiger partial charge on any atom is 0.0474 e. The van der Waals surface area contributed by atoms with Crippen LogP contribution >= 0.6 is 0 Å². The van der Waals surface area contributed by atoms with Crippen molar-refractivity contribution in [1.29, 1.82) is 0 Å². The highest BCUT2D eigenvalue weighted by Crippen LogP contribution is 2.41. The maximum absolute atomic E-state index is 5.17. The van der Waals surface area contributed by atoms with Crippen molar-refractivity contribution in [3.63, 3.8) is 0 Å². The van der Waals surface area contributed by atoms with E-state index >= 15 is 0 Å². The van der Waals surface area contributed by atoms with Gasteiger partial charge in [0, 0.05) is 38.4 Å². The van der Waals surface area contributed by atoms with E-state index in [1.165, 1.54) is 38.9 Å². The average molecular weight is 240 g/mol. The van der Waals surface area contributed by atoms with Crippen LogP contribution in [0.3, 0.4) is 0 Å². The van der Waals surface area contributed by atoms with Crippen molar-refractivity contribution in [3.8, 4) is 0 Å². The molecule has 0 aromatic carbocycles. The lowest BCUT2D eigenvalue weighted by molar-refractivity contribution is 0.133. The Bertz CT molecular complexity index is 242. The van der Waals surface area contributed by atoms with E-state index in [1.807, 2.05) is 0 Å². The first-order valence-corrected chi connectivity index (χ1v) is 7.14. The topological polar surface area (TPSA) is 24.5 Å². The summed E-state index contributed by atoms with van der Waals surface area (Å²) in [4.78, 5) is 2.66. The van der Waals surface area contributed by atoms with E-state index in [0.29, 0.717) is 11.6 Å². The summed E-state index contributed by atoms with van der Waals surface area (Å²) in [5, 5.41) is 3.80. The van der Waals surface area contributed by atoms with Gasteiger partial charge < -0.3 is 10.1 Å². The fourth-order valence-electron chi connectivity index (χ4n) is 3.09. The van der Waals surface area contributed by atoms with E-state index in [9.17, 15) is 0 Å². The van der Waals surface area contributed by atoms with Crippen LogP contribution in [-0.2, 0) is 4.74 Å². The van der Waals surface area contributed by atoms with Crippen LogP contribution in [0.15, 0.2) is 0 Å². The first-order valence-electron chi connectivity index (χ1n) is 7.14. The number of rotatable bonds is 5. The number of hydrogen-bond donors (Lipinski definition) is 1. The summed E-state index contributed by atoms with van der Waals surface area (Å²) in [7, 11) is 1.79. The zero-order valence-electron chi connectivity index (χ0n) is 11.7. The molecule has 2 atom stereocenters. The lowest BCUT2D eigenvalue weighted by Crippen LogP contribution is -2.51. The summed E-state index contributed by atoms with van der Waals surface area (Å²) in [6, 6.07) is 0.708. The Morgan fingerprint density at radius 1 is 1.35 bits per heavy atom. The molecule has 2 unspecified atom stereocenters. The van der Waals surface area contributed by atoms with Crippen molar-refractivity contribution < 1.29 is 4.74 Å². The molecule has 1 aliphatic heterocycles. The van der Waals surface area contributed by atoms with E-state index < -0.39 is 0 Å². The monoisotopic (exact) mass is 240 g/mol. The van der Waals surface area contributed by atoms with Crippen LogP contribution in [-0.4, -0.2) is 49.8 Å². The molecule has 1 N–H and O–H groups in total. The largest absolute Gasteiger partial charge is 0.385 e. The van der Waals surface area contributed by atoms with E-state index in [0.717, 1.165) is 18.9 Å². The zero-order chi connectivity index (χ0) is 12.3. The smallest absolute Gasteiger partial charge is 0.0474 e. The van der Waals surface area contributed by atoms with E-state index in [-0.39, 0.29) is 0 Å². The van der Waals surface area contributed by atoms with Gasteiger partial charge in [-0.1, -0.05) is 0 Å². The minimum Gasteiger partial charge on any atom is -0.385 e. The summed E-state index contributed by atoms with van der Waals surface area (Å²) >= 11 is 0. The molecule has 0 radical (unpaired) electrons. The molecule has 1 aliphatic carbocycles. The van der Waals surface area contributed by atoms with Gasteiger partial charge in [0.15, 0.2) is 0 Å². The molecule has 0 aromatic rings. The van der Waals surface area contributed by atoms with Crippen LogP contribution in [0.4, 0.5) is 0 Å². The molecule has 0 spiro atoms. The number of nitrogens with zero attached hydrogens (tertiary/aromatic N) is 1. The Balaban J connectivity index is 1.91. The van der Waals surface area contributed by atoms with E-state index in [2.05, 4.69) is 24.1 Å². The highest BCUT2D eigenvalue weighted by atomic mass is 16.5. The molecule has 0 bridgehead atoms. The molecule has 0 aromatic heterocycles. The third-order valence-corrected chi connectivity index (χ3v) is 4.52. The Kier molecular flexibility index (Phi) is 4.45. The highest BCUT2D eigenvalue weighted by Gasteiger charge is 2.43. The average Bonchev–Trinajstić information content (AvgIpc) is 3.10. The van der Waals surface area contributed by atoms with Crippen molar-refractivity contribution in [2.24, 2.45) is 5.92 Å². The van der Waals surface area contributed by atoms with Crippen LogP contribution in [0.5, 0.6) is 0 Å². The third kappa shape index (κ3) is 3.43. The van der Waals surface area contributed by atoms with Gasteiger partial charge in [0.1, 0.15) is 0 Å². The Morgan fingerprint density at radius 3 is 2.76 bits per heavy atom. The van der Waals surface area contributed by atoms with E-state index in [4.69, 9.17) is 4.74 Å². The predicted octanol–water partition coefficient (Wildman–Crippen LogP) is 1.88. The molecule has 17 heavy (non-hydrogen) atoms. The number of ether oxygens (including phenoxy) is 1. The van der Waals surface area contributed by atoms with Crippen LogP contribution in [0.25, 0.3) is 0 Å². The Hall–Kier alpha value is -0.120. The minimum atomic E-state index is 0.359. The van der Waals surface area contributed by atoms with Crippen molar-refractivity contribution >= 4 is 0 Å². The summed E-state index contributed by atoms with van der Waals surface area (Å²) in [6.07, 6.45) is 5.27. The lowest BCUT2D eigenvalue weighted by Gasteiger charge is -2.35. The van der Waals surface area contributed by atoms with Crippen LogP contribution in [0.1, 0.15) is 39.5 Å². The molecule has 2 rings (SSSR count). The van der Waals surface area contributed by atoms with Gasteiger partial charge in [-0.15, -0.1) is 0 Å². The van der Waals surface area contributed by atoms with Crippen LogP contribution < -0.4 is 5.32 Å². The molecular formula is C14H28N2O. The fourth-order valence-corrected chi connectivity index (χ4v) is 3.09. The van der Waals surface area contributed by atoms with Gasteiger partial charge in [-0.2, -0.15) is 0 Å². The second-order valence-electron chi connectivity index (χ2n) is 6.07. The maximum atomic E-state index is 5.17. The predicted molar refractivity (Wildman–Crippen MR) is 71.3 cm³/mol. The first-order chi connectivity index (χ1) is 8.15. The van der Waals surface area contributed by atoms with Gasteiger partial charge in [-0.3, -0.25) is 4.90 Å². The SMILES string of the molecule is COCCCN1CC(C)(C2CC2)NCCC1C. The van der Waals surface area contributed by atoms with Crippen molar-refractivity contribution in [1.82, 2.24) is 10.2 Å². The third-order valence-electron chi connectivity index (χ3n) is 4.52. The van der Waals surface area contributed by atoms with Crippen LogP contribution in [0, 0.1) is 5.92 Å². The lowest BCUT2D eigenvalue weighted by atomic mass is 9.95. The Morgan fingerprint density at radius 2 is 2.12 bits per heavy atom. The van der Waals surface area contributed by atoms with Gasteiger partial charge in [0.2, 0.25) is 0 Å². The molecule has 3 nitrogen and oxygen atoms in total. The highest BCUT2D eigenvalue weighted by molar-refractivity contribution is 5.01. The summed E-state index contributed by atoms with van der Waals surface area (Å²) < 4.78 is 5.17. The molecule has 3 heteroatoms. The fraction of sp³-hybridized carbons (Fsp3) is 1.00. The van der Waals surface area contributed by atoms with Gasteiger partial charge in [-0.25, -0.2) is 0 Å². The summed E-state index contributed by atoms with van der Waals surface area (Å²) in [5.74, 6) is 0.915. The quantitative estimate of drug-likeness (QED) is 0.743. The molecule has 1 heterocycles. The van der Waals surface area contributed by atoms with Gasteiger partial charge in [0.05, 0.1) is 0 Å². The number of nitrogens with one attached hydrogen (secondary N) is 1. The van der Waals surface area contributed by atoms with Crippen LogP contribution in [0.2, 0.25) is 0 Å². The van der Waals surface area contributed by atoms with Gasteiger partial charge >= 0.3 is 0 Å². The molecule has 2 fully saturated rings. The molecule has 2 aliphatic rings. The molecule has 0 amide bonds. The van der Waals surface area contributed by atoms with Crippen molar-refractivity contribution in [2.45, 2.75) is 51.1 Å². The second-order valence-corrected chi connectivity index (χ2v) is 6.07. The van der Waals surface area contributed by atoms with Gasteiger partial charge in [-0.05, 0) is 52.0 Å². The summed E-state index contributed by atoms with van der Waals surface area (Å²) in [5.41, 5.74) is 0.359. The minimum absolute atomic E-state index is 0.359. The molecule has 1 saturated carbocycles. The molecule has 100 valence electrons. The van der Waals surface area contributed by atoms with Crippen molar-refractivity contribution in [3.05, 3.63) is 0 Å². The first kappa shape index (κ1) is 13.3. The van der Waals surface area contributed by atoms with Gasteiger partial charge in [0.25, 0.3) is 0 Å². The van der Waals surface area contributed by atoms with E-state index in [1.54, 1.807) is 7.11 Å². The van der Waals surface area contributed by atoms with Crippen molar-refractivity contribution in [2.75, 3.05) is 33.4 Å². The molecule has 1 saturated heterocycles. The summed E-state index contributed by atoms with van der Waals surface area (Å²) in [6.45, 7) is 9.24. The second kappa shape index (κ2) is 5.68.